The van der Waals surface area contributed by atoms with Crippen LogP contribution in [0.15, 0.2) is 18.6 Å². The van der Waals surface area contributed by atoms with E-state index in [2.05, 4.69) is 15.3 Å². The summed E-state index contributed by atoms with van der Waals surface area (Å²) in [5.41, 5.74) is 0.168. The maximum absolute atomic E-state index is 14.5. The van der Waals surface area contributed by atoms with Gasteiger partial charge in [-0.1, -0.05) is 41.0 Å². The molecule has 2 amide bonds. The molecule has 3 fully saturated rings. The van der Waals surface area contributed by atoms with Crippen molar-refractivity contribution in [3.8, 4) is 0 Å². The Morgan fingerprint density at radius 2 is 1.69 bits per heavy atom. The Balaban J connectivity index is 1.56. The number of nitrogens with zero attached hydrogens (tertiary/aromatic N) is 3. The Morgan fingerprint density at radius 3 is 2.29 bits per heavy atom. The molecule has 12 heteroatoms. The van der Waals surface area contributed by atoms with Gasteiger partial charge in [0.15, 0.2) is 17.3 Å². The van der Waals surface area contributed by atoms with Crippen LogP contribution < -0.4 is 5.32 Å². The highest BCUT2D eigenvalue weighted by Gasteiger charge is 2.54. The van der Waals surface area contributed by atoms with Gasteiger partial charge < -0.3 is 19.7 Å². The summed E-state index contributed by atoms with van der Waals surface area (Å²) in [6.45, 7) is 9.63. The number of hydrogen-bond acceptors (Lipinski definition) is 10. The van der Waals surface area contributed by atoms with E-state index in [4.69, 9.17) is 9.47 Å². The highest BCUT2D eigenvalue weighted by Crippen LogP contribution is 2.45. The number of methoxy groups -OCH3 is 1. The maximum atomic E-state index is 14.5. The molecule has 4 rings (SSSR count). The number of carbonyl (C=O) groups excluding carboxylic acids is 6. The zero-order valence-corrected chi connectivity index (χ0v) is 29.9. The molecule has 12 nitrogen and oxygen atoms in total. The minimum Gasteiger partial charge on any atom is -0.359 e. The lowest BCUT2D eigenvalue weighted by Crippen LogP contribution is -2.56. The third-order valence-electron chi connectivity index (χ3n) is 10.5. The summed E-state index contributed by atoms with van der Waals surface area (Å²) >= 11 is 0. The van der Waals surface area contributed by atoms with E-state index in [1.807, 2.05) is 34.6 Å². The average molecular weight is 683 g/mol. The number of ether oxygens (including phenoxy) is 2. The molecule has 0 bridgehead atoms. The van der Waals surface area contributed by atoms with Crippen LogP contribution in [0.4, 0.5) is 0 Å². The number of Topliss-reactive ketones (excluding diaryl/α,β-unsaturated/α-hetero) is 4. The lowest BCUT2D eigenvalue weighted by Gasteiger charge is -2.33. The Bertz CT molecular complexity index is 1350. The third-order valence-corrected chi connectivity index (χ3v) is 10.5. The monoisotopic (exact) mass is 682 g/mol. The van der Waals surface area contributed by atoms with Gasteiger partial charge in [0, 0.05) is 63.1 Å². The first-order chi connectivity index (χ1) is 23.4. The summed E-state index contributed by atoms with van der Waals surface area (Å²) in [5, 5.41) is 2.94. The van der Waals surface area contributed by atoms with E-state index in [1.165, 1.54) is 18.6 Å². The number of likely N-dealkylation sites (tertiary alicyclic amines) is 1. The Kier molecular flexibility index (Phi) is 13.7. The van der Waals surface area contributed by atoms with Crippen LogP contribution in [-0.4, -0.2) is 88.5 Å². The molecule has 49 heavy (non-hydrogen) atoms. The molecule has 1 aliphatic heterocycles. The smallest absolute Gasteiger partial charge is 0.246 e. The lowest BCUT2D eigenvalue weighted by molar-refractivity contribution is -0.145. The Morgan fingerprint density at radius 1 is 0.959 bits per heavy atom. The van der Waals surface area contributed by atoms with E-state index in [0.29, 0.717) is 25.7 Å². The van der Waals surface area contributed by atoms with Crippen molar-refractivity contribution < 1.29 is 38.2 Å². The number of ketones is 4. The lowest BCUT2D eigenvalue weighted by atomic mass is 9.83. The first-order valence-electron chi connectivity index (χ1n) is 18.0. The standard InChI is InChI=1S/C37H54N4O8/c1-7-8-24(35(45)31(44)15-23-9-10-23)16-30(43)34-25-11-12-32(49-20-48-6)27(25)19-41(34)37(47)33(22(4)5)40-36(46)26(21(2)3)17-29(42)28-18-38-13-14-39-28/h13-14,18,21-27,32-34H,7-12,15-17,19-20H2,1-6H3,(H,40,46)/t24?,25-,26+,27-,32+,33-,34?/m0/s1. The molecule has 1 N–H and O–H groups in total. The summed E-state index contributed by atoms with van der Waals surface area (Å²) in [6.07, 6.45) is 8.41. The van der Waals surface area contributed by atoms with Crippen molar-refractivity contribution in [2.75, 3.05) is 20.4 Å². The van der Waals surface area contributed by atoms with E-state index in [-0.39, 0.29) is 91.5 Å². The first kappa shape index (κ1) is 38.4. The van der Waals surface area contributed by atoms with E-state index < -0.39 is 41.4 Å². The van der Waals surface area contributed by atoms with Crippen LogP contribution in [0.1, 0.15) is 103 Å². The van der Waals surface area contributed by atoms with E-state index >= 15 is 0 Å². The zero-order chi connectivity index (χ0) is 35.8. The predicted molar refractivity (Wildman–Crippen MR) is 180 cm³/mol. The quantitative estimate of drug-likeness (QED) is 0.121. The maximum Gasteiger partial charge on any atom is 0.246 e. The molecule has 1 aromatic heterocycles. The molecule has 2 saturated carbocycles. The number of aromatic nitrogens is 2. The number of amides is 2. The molecule has 270 valence electrons. The van der Waals surface area contributed by atoms with Crippen LogP contribution in [0.25, 0.3) is 0 Å². The minimum absolute atomic E-state index is 0.0885. The van der Waals surface area contributed by atoms with Gasteiger partial charge >= 0.3 is 0 Å². The minimum atomic E-state index is -0.957. The Labute approximate surface area is 289 Å². The molecule has 0 radical (unpaired) electrons. The third kappa shape index (κ3) is 9.66. The van der Waals surface area contributed by atoms with Crippen LogP contribution in [-0.2, 0) is 33.4 Å². The molecule has 2 heterocycles. The first-order valence-corrected chi connectivity index (χ1v) is 18.0. The summed E-state index contributed by atoms with van der Waals surface area (Å²) in [6, 6.07) is -1.77. The van der Waals surface area contributed by atoms with Crippen molar-refractivity contribution >= 4 is 34.9 Å². The molecule has 3 aliphatic rings. The Hall–Kier alpha value is -3.38. The second kappa shape index (κ2) is 17.5. The van der Waals surface area contributed by atoms with Crippen molar-refractivity contribution in [1.29, 1.82) is 0 Å². The van der Waals surface area contributed by atoms with Gasteiger partial charge in [-0.25, -0.2) is 4.98 Å². The van der Waals surface area contributed by atoms with Crippen molar-refractivity contribution in [1.82, 2.24) is 20.2 Å². The fourth-order valence-corrected chi connectivity index (χ4v) is 7.56. The molecule has 1 saturated heterocycles. The van der Waals surface area contributed by atoms with E-state index in [0.717, 1.165) is 12.8 Å². The van der Waals surface area contributed by atoms with Crippen molar-refractivity contribution in [2.45, 2.75) is 111 Å². The van der Waals surface area contributed by atoms with Crippen LogP contribution in [0.2, 0.25) is 0 Å². The van der Waals surface area contributed by atoms with Gasteiger partial charge in [0.2, 0.25) is 17.6 Å². The molecular formula is C37H54N4O8. The number of hydrogen-bond donors (Lipinski definition) is 1. The van der Waals surface area contributed by atoms with Gasteiger partial charge in [-0.2, -0.15) is 0 Å². The van der Waals surface area contributed by atoms with Gasteiger partial charge in [-0.05, 0) is 55.8 Å². The molecule has 1 aromatic rings. The fourth-order valence-electron chi connectivity index (χ4n) is 7.56. The van der Waals surface area contributed by atoms with Gasteiger partial charge in [-0.3, -0.25) is 33.8 Å². The average Bonchev–Trinajstić information content (AvgIpc) is 3.68. The molecule has 0 aromatic carbocycles. The topological polar surface area (TPSA) is 162 Å². The summed E-state index contributed by atoms with van der Waals surface area (Å²) in [7, 11) is 1.54. The molecule has 0 spiro atoms. The van der Waals surface area contributed by atoms with Crippen LogP contribution in [0, 0.1) is 41.4 Å². The van der Waals surface area contributed by atoms with Gasteiger partial charge in [0.1, 0.15) is 18.5 Å². The molecule has 2 aliphatic carbocycles. The van der Waals surface area contributed by atoms with E-state index in [9.17, 15) is 28.8 Å². The van der Waals surface area contributed by atoms with Gasteiger partial charge in [-0.15, -0.1) is 0 Å². The van der Waals surface area contributed by atoms with E-state index in [1.54, 1.807) is 12.0 Å². The second-order valence-corrected chi connectivity index (χ2v) is 14.8. The van der Waals surface area contributed by atoms with Crippen molar-refractivity contribution in [3.05, 3.63) is 24.3 Å². The van der Waals surface area contributed by atoms with Crippen molar-refractivity contribution in [2.24, 2.45) is 41.4 Å². The summed E-state index contributed by atoms with van der Waals surface area (Å²) < 4.78 is 11.1. The number of rotatable bonds is 20. The summed E-state index contributed by atoms with van der Waals surface area (Å²) in [4.78, 5) is 91.2. The predicted octanol–water partition coefficient (Wildman–Crippen LogP) is 4.00. The van der Waals surface area contributed by atoms with Gasteiger partial charge in [0.25, 0.3) is 0 Å². The second-order valence-electron chi connectivity index (χ2n) is 14.8. The SMILES string of the molecule is CCCC(CC(=O)C1[C@H]2CC[C@@H](OCOC)[C@H]2CN1C(=O)[C@@H](NC(=O)[C@H](CC(=O)c1cnccn1)C(C)C)C(C)C)C(=O)C(=O)CC1CC1. The number of nitrogens with one attached hydrogen (secondary N) is 1. The molecule has 7 atom stereocenters. The number of fused-ring (bicyclic) bond motifs is 1. The highest BCUT2D eigenvalue weighted by molar-refractivity contribution is 6.38. The largest absolute Gasteiger partial charge is 0.359 e. The van der Waals surface area contributed by atoms with Gasteiger partial charge in [0.05, 0.1) is 18.3 Å². The zero-order valence-electron chi connectivity index (χ0n) is 29.9. The van der Waals surface area contributed by atoms with Crippen LogP contribution in [0.3, 0.4) is 0 Å². The van der Waals surface area contributed by atoms with Crippen LogP contribution >= 0.6 is 0 Å². The summed E-state index contributed by atoms with van der Waals surface area (Å²) in [5.74, 6) is -4.27. The van der Waals surface area contributed by atoms with Crippen LogP contribution in [0.5, 0.6) is 0 Å². The molecular weight excluding hydrogens is 628 g/mol. The normalized spacial score (nSPS) is 23.6. The van der Waals surface area contributed by atoms with Crippen molar-refractivity contribution in [3.63, 3.8) is 0 Å². The molecule has 2 unspecified atom stereocenters. The number of carbonyl (C=O) groups is 6. The fraction of sp³-hybridized carbons (Fsp3) is 0.730. The highest BCUT2D eigenvalue weighted by atomic mass is 16.7.